The number of rotatable bonds is 3. The van der Waals surface area contributed by atoms with Gasteiger partial charge in [0.2, 0.25) is 0 Å². The number of nitrogens with zero attached hydrogens (tertiary/aromatic N) is 2. The van der Waals surface area contributed by atoms with Crippen molar-refractivity contribution in [3.8, 4) is 6.07 Å². The first kappa shape index (κ1) is 11.2. The first-order chi connectivity index (χ1) is 7.03. The number of hydrogen-bond donors (Lipinski definition) is 0. The van der Waals surface area contributed by atoms with Crippen LogP contribution in [0.5, 0.6) is 0 Å². The number of oxime groups is 1. The minimum absolute atomic E-state index is 0.0824. The summed E-state index contributed by atoms with van der Waals surface area (Å²) in [5, 5.41) is 12.0. The van der Waals surface area contributed by atoms with Crippen LogP contribution in [0.3, 0.4) is 0 Å². The van der Waals surface area contributed by atoms with Gasteiger partial charge in [-0.25, -0.2) is 0 Å². The fraction of sp³-hybridized carbons (Fsp3) is 0.111. The molecule has 1 aromatic rings. The summed E-state index contributed by atoms with van der Waals surface area (Å²) >= 11 is 0. The maximum absolute atomic E-state index is 10.6. The van der Waals surface area contributed by atoms with Crippen LogP contribution in [-0.4, -0.2) is 20.4 Å². The summed E-state index contributed by atoms with van der Waals surface area (Å²) in [6.07, 6.45) is 0.858. The molecule has 5 nitrogen and oxygen atoms in total. The monoisotopic (exact) mass is 224 g/mol. The molecular formula is C9H8N2O3S. The quantitative estimate of drug-likeness (QED) is 0.564. The lowest BCUT2D eigenvalue weighted by molar-refractivity contribution is 0.344. The van der Waals surface area contributed by atoms with Crippen molar-refractivity contribution in [2.24, 2.45) is 5.16 Å². The van der Waals surface area contributed by atoms with E-state index in [0.717, 1.165) is 6.26 Å². The van der Waals surface area contributed by atoms with Crippen LogP contribution in [0.25, 0.3) is 0 Å². The van der Waals surface area contributed by atoms with Crippen LogP contribution in [-0.2, 0) is 14.4 Å². The van der Waals surface area contributed by atoms with E-state index in [2.05, 4.69) is 9.44 Å². The first-order valence-electron chi connectivity index (χ1n) is 3.95. The molecule has 6 heteroatoms. The van der Waals surface area contributed by atoms with Crippen molar-refractivity contribution in [1.82, 2.24) is 0 Å². The highest BCUT2D eigenvalue weighted by atomic mass is 32.2. The van der Waals surface area contributed by atoms with Crippen molar-refractivity contribution in [2.75, 3.05) is 6.26 Å². The molecule has 0 aliphatic heterocycles. The highest BCUT2D eigenvalue weighted by Crippen LogP contribution is 2.02. The van der Waals surface area contributed by atoms with Gasteiger partial charge in [0.25, 0.3) is 0 Å². The topological polar surface area (TPSA) is 79.5 Å². The average Bonchev–Trinajstić information content (AvgIpc) is 2.19. The molecule has 0 spiro atoms. The third-order valence-electron chi connectivity index (χ3n) is 1.42. The molecule has 1 rings (SSSR count). The Balaban J connectivity index is 2.97. The van der Waals surface area contributed by atoms with Gasteiger partial charge in [-0.3, -0.25) is 4.28 Å². The lowest BCUT2D eigenvalue weighted by atomic mass is 10.1. The van der Waals surface area contributed by atoms with E-state index >= 15 is 0 Å². The first-order valence-corrected chi connectivity index (χ1v) is 5.77. The van der Waals surface area contributed by atoms with Crippen LogP contribution in [0, 0.1) is 11.3 Å². The van der Waals surface area contributed by atoms with E-state index in [9.17, 15) is 8.42 Å². The van der Waals surface area contributed by atoms with Crippen molar-refractivity contribution in [1.29, 1.82) is 5.26 Å². The van der Waals surface area contributed by atoms with Crippen molar-refractivity contribution < 1.29 is 12.7 Å². The molecule has 0 unspecified atom stereocenters. The standard InChI is InChI=1S/C9H8N2O3S/c1-15(12,13)14-11-9(7-10)8-5-3-2-4-6-8/h2-6H,1H3. The largest absolute Gasteiger partial charge is 0.325 e. The molecule has 0 saturated carbocycles. The highest BCUT2D eigenvalue weighted by Gasteiger charge is 2.05. The van der Waals surface area contributed by atoms with E-state index in [0.29, 0.717) is 5.56 Å². The molecule has 0 aliphatic rings. The van der Waals surface area contributed by atoms with Crippen LogP contribution in [0.2, 0.25) is 0 Å². The van der Waals surface area contributed by atoms with Crippen molar-refractivity contribution >= 4 is 15.8 Å². The fourth-order valence-electron chi connectivity index (χ4n) is 0.839. The van der Waals surface area contributed by atoms with Crippen LogP contribution in [0.15, 0.2) is 35.5 Å². The smallest absolute Gasteiger partial charge is 0.267 e. The number of hydrogen-bond acceptors (Lipinski definition) is 5. The Labute approximate surface area is 87.7 Å². The molecule has 0 heterocycles. The molecule has 15 heavy (non-hydrogen) atoms. The van der Waals surface area contributed by atoms with Crippen LogP contribution >= 0.6 is 0 Å². The summed E-state index contributed by atoms with van der Waals surface area (Å²) in [5.41, 5.74) is 0.421. The van der Waals surface area contributed by atoms with Crippen LogP contribution in [0.1, 0.15) is 5.56 Å². The molecule has 0 fully saturated rings. The molecule has 0 bridgehead atoms. The lowest BCUT2D eigenvalue weighted by Crippen LogP contribution is -2.02. The number of benzene rings is 1. The Morgan fingerprint density at radius 1 is 1.40 bits per heavy atom. The summed E-state index contributed by atoms with van der Waals surface area (Å²) in [6.45, 7) is 0. The fourth-order valence-corrected chi connectivity index (χ4v) is 1.05. The normalized spacial score (nSPS) is 11.9. The van der Waals surface area contributed by atoms with E-state index < -0.39 is 10.1 Å². The predicted octanol–water partition coefficient (Wildman–Crippen LogP) is 0.890. The third-order valence-corrected chi connectivity index (χ3v) is 1.76. The SMILES string of the molecule is CS(=O)(=O)ON=C(C#N)c1ccccc1. The van der Waals surface area contributed by atoms with E-state index in [1.165, 1.54) is 0 Å². The Bertz CT molecular complexity index is 500. The summed E-state index contributed by atoms with van der Waals surface area (Å²) in [6, 6.07) is 10.2. The van der Waals surface area contributed by atoms with Gasteiger partial charge in [0.1, 0.15) is 6.07 Å². The number of nitriles is 1. The second-order valence-electron chi connectivity index (χ2n) is 2.70. The van der Waals surface area contributed by atoms with Crippen molar-refractivity contribution in [3.63, 3.8) is 0 Å². The molecule has 0 N–H and O–H groups in total. The molecule has 0 aromatic heterocycles. The molecule has 78 valence electrons. The van der Waals surface area contributed by atoms with Gasteiger partial charge < -0.3 is 0 Å². The lowest BCUT2D eigenvalue weighted by Gasteiger charge is -1.97. The molecule has 0 aliphatic carbocycles. The third kappa shape index (κ3) is 3.79. The Hall–Kier alpha value is -1.87. The Morgan fingerprint density at radius 2 is 2.00 bits per heavy atom. The van der Waals surface area contributed by atoms with Gasteiger partial charge >= 0.3 is 10.1 Å². The van der Waals surface area contributed by atoms with Gasteiger partial charge in [-0.2, -0.15) is 13.7 Å². The average molecular weight is 224 g/mol. The van der Waals surface area contributed by atoms with Gasteiger partial charge in [-0.1, -0.05) is 35.5 Å². The van der Waals surface area contributed by atoms with Gasteiger partial charge in [0, 0.05) is 5.56 Å². The summed E-state index contributed by atoms with van der Waals surface area (Å²) in [4.78, 5) is 0. The second kappa shape index (κ2) is 4.57. The van der Waals surface area contributed by atoms with E-state index in [-0.39, 0.29) is 5.71 Å². The van der Waals surface area contributed by atoms with Gasteiger partial charge in [-0.15, -0.1) is 0 Å². The van der Waals surface area contributed by atoms with E-state index in [1.54, 1.807) is 36.4 Å². The van der Waals surface area contributed by atoms with Gasteiger partial charge in [0.15, 0.2) is 5.71 Å². The molecule has 0 atom stereocenters. The zero-order valence-electron chi connectivity index (χ0n) is 7.91. The second-order valence-corrected chi connectivity index (χ2v) is 4.25. The summed E-state index contributed by atoms with van der Waals surface area (Å²) in [7, 11) is -3.68. The zero-order chi connectivity index (χ0) is 11.3. The van der Waals surface area contributed by atoms with Gasteiger partial charge in [0.05, 0.1) is 6.26 Å². The summed E-state index contributed by atoms with van der Waals surface area (Å²) in [5.74, 6) is 0. The maximum atomic E-state index is 10.6. The minimum Gasteiger partial charge on any atom is -0.267 e. The molecule has 0 saturated heterocycles. The molecule has 1 aromatic carbocycles. The van der Waals surface area contributed by atoms with Crippen molar-refractivity contribution in [2.45, 2.75) is 0 Å². The van der Waals surface area contributed by atoms with E-state index in [1.807, 2.05) is 0 Å². The van der Waals surface area contributed by atoms with Crippen LogP contribution in [0.4, 0.5) is 0 Å². The highest BCUT2D eigenvalue weighted by molar-refractivity contribution is 7.85. The maximum Gasteiger partial charge on any atom is 0.325 e. The minimum atomic E-state index is -3.68. The molecular weight excluding hydrogens is 216 g/mol. The van der Waals surface area contributed by atoms with Crippen LogP contribution < -0.4 is 0 Å². The Kier molecular flexibility index (Phi) is 3.42. The van der Waals surface area contributed by atoms with Gasteiger partial charge in [-0.05, 0) is 0 Å². The summed E-state index contributed by atoms with van der Waals surface area (Å²) < 4.78 is 25.5. The van der Waals surface area contributed by atoms with Crippen molar-refractivity contribution in [3.05, 3.63) is 35.9 Å². The zero-order valence-corrected chi connectivity index (χ0v) is 8.73. The predicted molar refractivity (Wildman–Crippen MR) is 54.5 cm³/mol. The molecule has 0 amide bonds. The molecule has 0 radical (unpaired) electrons. The Morgan fingerprint density at radius 3 is 2.47 bits per heavy atom. The van der Waals surface area contributed by atoms with E-state index in [4.69, 9.17) is 5.26 Å².